The van der Waals surface area contributed by atoms with Crippen molar-refractivity contribution < 1.29 is 9.90 Å². The summed E-state index contributed by atoms with van der Waals surface area (Å²) in [5, 5.41) is 20.9. The van der Waals surface area contributed by atoms with E-state index < -0.39 is 0 Å². The van der Waals surface area contributed by atoms with E-state index in [4.69, 9.17) is 0 Å². The number of hydrogen-bond acceptors (Lipinski definition) is 5. The number of carbonyl (C=O) groups is 1. The average molecular weight is 379 g/mol. The molecule has 7 nitrogen and oxygen atoms in total. The molecule has 1 unspecified atom stereocenters. The molecule has 1 fully saturated rings. The summed E-state index contributed by atoms with van der Waals surface area (Å²) in [6, 6.07) is 8.76. The van der Waals surface area contributed by atoms with Gasteiger partial charge in [0.25, 0.3) is 5.91 Å². The standard InChI is InChI=1S/C21H25N5O2/c1-3-17-19-16(21(28)22-14-5-4-10-26(2)12-14)11-18(23-20(19)25-24-17)13-6-8-15(27)9-7-13/h6-9,11,14,27H,3-5,10,12H2,1-2H3,(H,22,28)(H,23,24,25). The zero-order valence-electron chi connectivity index (χ0n) is 16.2. The van der Waals surface area contributed by atoms with Crippen molar-refractivity contribution in [3.63, 3.8) is 0 Å². The van der Waals surface area contributed by atoms with Crippen LogP contribution in [0.5, 0.6) is 5.75 Å². The first-order valence-electron chi connectivity index (χ1n) is 9.72. The van der Waals surface area contributed by atoms with E-state index in [-0.39, 0.29) is 17.7 Å². The van der Waals surface area contributed by atoms with Crippen LogP contribution in [0.15, 0.2) is 30.3 Å². The first-order valence-corrected chi connectivity index (χ1v) is 9.72. The Bertz CT molecular complexity index is 996. The van der Waals surface area contributed by atoms with Crippen LogP contribution < -0.4 is 5.32 Å². The second-order valence-corrected chi connectivity index (χ2v) is 7.43. The van der Waals surface area contributed by atoms with Gasteiger partial charge in [0.1, 0.15) is 5.75 Å². The van der Waals surface area contributed by atoms with Crippen molar-refractivity contribution in [3.05, 3.63) is 41.6 Å². The predicted octanol–water partition coefficient (Wildman–Crippen LogP) is 2.72. The van der Waals surface area contributed by atoms with Crippen LogP contribution in [0.3, 0.4) is 0 Å². The Morgan fingerprint density at radius 2 is 2.14 bits per heavy atom. The Labute approximate surface area is 163 Å². The molecule has 1 atom stereocenters. The molecule has 28 heavy (non-hydrogen) atoms. The number of pyridine rings is 1. The fourth-order valence-corrected chi connectivity index (χ4v) is 3.85. The first kappa shape index (κ1) is 18.4. The number of amides is 1. The number of aromatic nitrogens is 3. The highest BCUT2D eigenvalue weighted by Gasteiger charge is 2.23. The number of hydrogen-bond donors (Lipinski definition) is 3. The maximum atomic E-state index is 13.2. The number of aromatic amines is 1. The summed E-state index contributed by atoms with van der Waals surface area (Å²) in [6.45, 7) is 3.95. The molecule has 7 heteroatoms. The molecule has 1 aliphatic heterocycles. The molecule has 0 bridgehead atoms. The second kappa shape index (κ2) is 7.59. The number of rotatable bonds is 4. The lowest BCUT2D eigenvalue weighted by atomic mass is 10.0. The fourth-order valence-electron chi connectivity index (χ4n) is 3.85. The van der Waals surface area contributed by atoms with Crippen molar-refractivity contribution in [1.82, 2.24) is 25.4 Å². The van der Waals surface area contributed by atoms with Gasteiger partial charge in [0.05, 0.1) is 16.6 Å². The molecule has 2 aromatic heterocycles. The SMILES string of the molecule is CCc1[nH]nc2nc(-c3ccc(O)cc3)cc(C(=O)NC3CCCN(C)C3)c12. The average Bonchev–Trinajstić information content (AvgIpc) is 3.11. The Hall–Kier alpha value is -2.93. The number of fused-ring (bicyclic) bond motifs is 1. The molecular formula is C21H25N5O2. The molecule has 0 radical (unpaired) electrons. The van der Waals surface area contributed by atoms with Gasteiger partial charge >= 0.3 is 0 Å². The van der Waals surface area contributed by atoms with Crippen molar-refractivity contribution in [2.75, 3.05) is 20.1 Å². The third-order valence-corrected chi connectivity index (χ3v) is 5.32. The number of phenolic OH excluding ortho intramolecular Hbond substituents is 1. The molecule has 1 aromatic carbocycles. The van der Waals surface area contributed by atoms with Crippen molar-refractivity contribution in [2.45, 2.75) is 32.2 Å². The smallest absolute Gasteiger partial charge is 0.252 e. The van der Waals surface area contributed by atoms with Crippen molar-refractivity contribution in [2.24, 2.45) is 0 Å². The van der Waals surface area contributed by atoms with Crippen LogP contribution in [0.25, 0.3) is 22.3 Å². The number of phenols is 1. The van der Waals surface area contributed by atoms with Crippen LogP contribution in [-0.2, 0) is 6.42 Å². The molecule has 4 rings (SSSR count). The van der Waals surface area contributed by atoms with E-state index in [1.807, 2.05) is 13.0 Å². The lowest BCUT2D eigenvalue weighted by Gasteiger charge is -2.30. The first-order chi connectivity index (χ1) is 13.5. The van der Waals surface area contributed by atoms with Crippen LogP contribution in [-0.4, -0.2) is 57.3 Å². The maximum Gasteiger partial charge on any atom is 0.252 e. The van der Waals surface area contributed by atoms with Crippen LogP contribution in [0.2, 0.25) is 0 Å². The van der Waals surface area contributed by atoms with E-state index in [1.165, 1.54) is 0 Å². The number of aromatic hydroxyl groups is 1. The molecule has 3 heterocycles. The number of nitrogens with one attached hydrogen (secondary N) is 2. The summed E-state index contributed by atoms with van der Waals surface area (Å²) in [4.78, 5) is 20.1. The molecule has 0 spiro atoms. The molecule has 3 N–H and O–H groups in total. The van der Waals surface area contributed by atoms with Crippen LogP contribution in [0.1, 0.15) is 35.8 Å². The Morgan fingerprint density at radius 3 is 2.86 bits per heavy atom. The van der Waals surface area contributed by atoms with Gasteiger partial charge in [-0.05, 0) is 63.2 Å². The van der Waals surface area contributed by atoms with Crippen molar-refractivity contribution in [1.29, 1.82) is 0 Å². The second-order valence-electron chi connectivity index (χ2n) is 7.43. The predicted molar refractivity (Wildman–Crippen MR) is 108 cm³/mol. The molecular weight excluding hydrogens is 354 g/mol. The monoisotopic (exact) mass is 379 g/mol. The number of likely N-dealkylation sites (N-methyl/N-ethyl adjacent to an activating group) is 1. The highest BCUT2D eigenvalue weighted by Crippen LogP contribution is 2.27. The molecule has 0 saturated carbocycles. The number of aryl methyl sites for hydroxylation is 1. The topological polar surface area (TPSA) is 94.1 Å². The minimum absolute atomic E-state index is 0.0937. The van der Waals surface area contributed by atoms with E-state index in [1.54, 1.807) is 24.3 Å². The zero-order valence-corrected chi connectivity index (χ0v) is 16.2. The van der Waals surface area contributed by atoms with Gasteiger partial charge in [0.15, 0.2) is 5.65 Å². The Balaban J connectivity index is 1.74. The highest BCUT2D eigenvalue weighted by atomic mass is 16.3. The van der Waals surface area contributed by atoms with Gasteiger partial charge in [-0.2, -0.15) is 5.10 Å². The molecule has 3 aromatic rings. The normalized spacial score (nSPS) is 17.7. The summed E-state index contributed by atoms with van der Waals surface area (Å²) in [7, 11) is 2.08. The van der Waals surface area contributed by atoms with Gasteiger partial charge in [-0.3, -0.25) is 9.89 Å². The summed E-state index contributed by atoms with van der Waals surface area (Å²) in [5.41, 5.74) is 3.52. The van der Waals surface area contributed by atoms with E-state index in [0.29, 0.717) is 16.9 Å². The van der Waals surface area contributed by atoms with Gasteiger partial charge in [0, 0.05) is 23.8 Å². The van der Waals surface area contributed by atoms with Crippen LogP contribution in [0, 0.1) is 0 Å². The van der Waals surface area contributed by atoms with Gasteiger partial charge in [-0.15, -0.1) is 0 Å². The Kier molecular flexibility index (Phi) is 5.00. The lowest BCUT2D eigenvalue weighted by Crippen LogP contribution is -2.46. The number of benzene rings is 1. The van der Waals surface area contributed by atoms with Gasteiger partial charge < -0.3 is 15.3 Å². The number of piperidine rings is 1. The number of carbonyl (C=O) groups excluding carboxylic acids is 1. The van der Waals surface area contributed by atoms with E-state index >= 15 is 0 Å². The molecule has 146 valence electrons. The number of nitrogens with zero attached hydrogens (tertiary/aromatic N) is 3. The lowest BCUT2D eigenvalue weighted by molar-refractivity contribution is 0.0914. The minimum Gasteiger partial charge on any atom is -0.508 e. The molecule has 1 aliphatic rings. The van der Waals surface area contributed by atoms with Gasteiger partial charge in [-0.25, -0.2) is 4.98 Å². The van der Waals surface area contributed by atoms with E-state index in [0.717, 1.165) is 49.0 Å². The third-order valence-electron chi connectivity index (χ3n) is 5.32. The maximum absolute atomic E-state index is 13.2. The van der Waals surface area contributed by atoms with Crippen molar-refractivity contribution >= 4 is 16.9 Å². The van der Waals surface area contributed by atoms with Gasteiger partial charge in [-0.1, -0.05) is 6.92 Å². The van der Waals surface area contributed by atoms with Gasteiger partial charge in [0.2, 0.25) is 0 Å². The summed E-state index contributed by atoms with van der Waals surface area (Å²) >= 11 is 0. The quantitative estimate of drug-likeness (QED) is 0.648. The largest absolute Gasteiger partial charge is 0.508 e. The van der Waals surface area contributed by atoms with Crippen LogP contribution >= 0.6 is 0 Å². The molecule has 0 aliphatic carbocycles. The zero-order chi connectivity index (χ0) is 19.7. The van der Waals surface area contributed by atoms with E-state index in [9.17, 15) is 9.90 Å². The summed E-state index contributed by atoms with van der Waals surface area (Å²) < 4.78 is 0. The highest BCUT2D eigenvalue weighted by molar-refractivity contribution is 6.07. The van der Waals surface area contributed by atoms with E-state index in [2.05, 4.69) is 32.4 Å². The van der Waals surface area contributed by atoms with Crippen LogP contribution in [0.4, 0.5) is 0 Å². The van der Waals surface area contributed by atoms with Crippen molar-refractivity contribution in [3.8, 4) is 17.0 Å². The number of H-pyrrole nitrogens is 1. The molecule has 1 amide bonds. The minimum atomic E-state index is -0.0937. The fraction of sp³-hybridized carbons (Fsp3) is 0.381. The molecule has 1 saturated heterocycles. The summed E-state index contributed by atoms with van der Waals surface area (Å²) in [5.74, 6) is 0.0982. The Morgan fingerprint density at radius 1 is 1.36 bits per heavy atom. The summed E-state index contributed by atoms with van der Waals surface area (Å²) in [6.07, 6.45) is 2.81. The number of likely N-dealkylation sites (tertiary alicyclic amines) is 1. The third kappa shape index (κ3) is 3.57.